The number of rotatable bonds is 6. The first-order valence-electron chi connectivity index (χ1n) is 7.17. The number of piperidine rings is 1. The van der Waals surface area contributed by atoms with Crippen LogP contribution in [0, 0.1) is 0 Å². The second kappa shape index (κ2) is 9.81. The molecular formula is C15H23Cl3N2O2. The summed E-state index contributed by atoms with van der Waals surface area (Å²) in [5.74, 6) is 0.528. The summed E-state index contributed by atoms with van der Waals surface area (Å²) in [7, 11) is 1.63. The minimum absolute atomic E-state index is 0. The first-order valence-corrected chi connectivity index (χ1v) is 7.93. The van der Waals surface area contributed by atoms with Crippen LogP contribution in [0.25, 0.3) is 0 Å². The third-order valence-electron chi connectivity index (χ3n) is 3.63. The van der Waals surface area contributed by atoms with Gasteiger partial charge in [0.2, 0.25) is 0 Å². The van der Waals surface area contributed by atoms with Crippen LogP contribution in [0.1, 0.15) is 18.4 Å². The minimum Gasteiger partial charge on any atom is -0.488 e. The molecule has 126 valence electrons. The number of halogens is 3. The van der Waals surface area contributed by atoms with Crippen molar-refractivity contribution < 1.29 is 9.47 Å². The standard InChI is InChI=1S/C15H22Cl2N2O2.ClH/c1-20-6-7-21-15-13(16)8-11(9-14(15)17)10-19-4-2-12(18)3-5-19;/h8-9,12H,2-7,10,18H2,1H3;1H. The van der Waals surface area contributed by atoms with Gasteiger partial charge in [-0.1, -0.05) is 23.2 Å². The van der Waals surface area contributed by atoms with Gasteiger partial charge in [0.25, 0.3) is 0 Å². The van der Waals surface area contributed by atoms with E-state index in [0.29, 0.717) is 35.1 Å². The lowest BCUT2D eigenvalue weighted by Gasteiger charge is -2.30. The van der Waals surface area contributed by atoms with E-state index in [9.17, 15) is 0 Å². The Hall–Kier alpha value is -0.230. The molecule has 1 aromatic rings. The van der Waals surface area contributed by atoms with Gasteiger partial charge in [-0.15, -0.1) is 12.4 Å². The molecule has 1 aromatic carbocycles. The maximum Gasteiger partial charge on any atom is 0.156 e. The number of methoxy groups -OCH3 is 1. The molecule has 0 bridgehead atoms. The Morgan fingerprint density at radius 1 is 1.18 bits per heavy atom. The van der Waals surface area contributed by atoms with Crippen molar-refractivity contribution in [2.24, 2.45) is 5.73 Å². The second-order valence-electron chi connectivity index (χ2n) is 5.34. The van der Waals surface area contributed by atoms with E-state index >= 15 is 0 Å². The lowest BCUT2D eigenvalue weighted by Crippen LogP contribution is -2.39. The molecular weight excluding hydrogens is 347 g/mol. The van der Waals surface area contributed by atoms with Crippen molar-refractivity contribution in [2.45, 2.75) is 25.4 Å². The lowest BCUT2D eigenvalue weighted by molar-refractivity contribution is 0.146. The molecule has 0 radical (unpaired) electrons. The Kier molecular flexibility index (Phi) is 8.83. The second-order valence-corrected chi connectivity index (χ2v) is 6.16. The van der Waals surface area contributed by atoms with E-state index in [0.717, 1.165) is 38.0 Å². The average Bonchev–Trinajstić information content (AvgIpc) is 2.44. The molecule has 1 saturated heterocycles. The fourth-order valence-electron chi connectivity index (χ4n) is 2.44. The number of hydrogen-bond acceptors (Lipinski definition) is 4. The van der Waals surface area contributed by atoms with E-state index in [2.05, 4.69) is 4.90 Å². The van der Waals surface area contributed by atoms with E-state index in [1.165, 1.54) is 0 Å². The van der Waals surface area contributed by atoms with E-state index in [1.807, 2.05) is 12.1 Å². The largest absolute Gasteiger partial charge is 0.488 e. The molecule has 0 amide bonds. The van der Waals surface area contributed by atoms with Gasteiger partial charge >= 0.3 is 0 Å². The van der Waals surface area contributed by atoms with Gasteiger partial charge in [-0.25, -0.2) is 0 Å². The summed E-state index contributed by atoms with van der Waals surface area (Å²) in [6.07, 6.45) is 2.08. The molecule has 1 aliphatic heterocycles. The molecule has 0 atom stereocenters. The Morgan fingerprint density at radius 2 is 1.77 bits per heavy atom. The van der Waals surface area contributed by atoms with Crippen LogP contribution in [-0.2, 0) is 11.3 Å². The first kappa shape index (κ1) is 19.8. The zero-order valence-electron chi connectivity index (χ0n) is 12.7. The van der Waals surface area contributed by atoms with Crippen molar-refractivity contribution >= 4 is 35.6 Å². The summed E-state index contributed by atoms with van der Waals surface area (Å²) in [5, 5.41) is 1.09. The van der Waals surface area contributed by atoms with Gasteiger partial charge in [-0.05, 0) is 43.6 Å². The van der Waals surface area contributed by atoms with Crippen molar-refractivity contribution in [3.8, 4) is 5.75 Å². The zero-order valence-corrected chi connectivity index (χ0v) is 15.0. The molecule has 1 aliphatic rings. The van der Waals surface area contributed by atoms with Crippen LogP contribution >= 0.6 is 35.6 Å². The van der Waals surface area contributed by atoms with Crippen LogP contribution in [0.2, 0.25) is 10.0 Å². The SMILES string of the molecule is COCCOc1c(Cl)cc(CN2CCC(N)CC2)cc1Cl.Cl. The molecule has 0 aromatic heterocycles. The monoisotopic (exact) mass is 368 g/mol. The smallest absolute Gasteiger partial charge is 0.156 e. The minimum atomic E-state index is 0. The Morgan fingerprint density at radius 3 is 2.32 bits per heavy atom. The van der Waals surface area contributed by atoms with Crippen LogP contribution in [0.4, 0.5) is 0 Å². The summed E-state index contributed by atoms with van der Waals surface area (Å²) >= 11 is 12.5. The summed E-state index contributed by atoms with van der Waals surface area (Å²) in [6.45, 7) is 3.80. The van der Waals surface area contributed by atoms with E-state index in [4.69, 9.17) is 38.4 Å². The molecule has 0 spiro atoms. The Labute approximate surface area is 148 Å². The maximum absolute atomic E-state index is 6.27. The number of likely N-dealkylation sites (tertiary alicyclic amines) is 1. The summed E-state index contributed by atoms with van der Waals surface area (Å²) in [6, 6.07) is 4.18. The van der Waals surface area contributed by atoms with Gasteiger partial charge in [-0.3, -0.25) is 4.90 Å². The van der Waals surface area contributed by atoms with Crippen LogP contribution in [-0.4, -0.2) is 44.4 Å². The predicted octanol–water partition coefficient (Wildman–Crippen LogP) is 3.36. The zero-order chi connectivity index (χ0) is 15.2. The van der Waals surface area contributed by atoms with Crippen molar-refractivity contribution in [1.29, 1.82) is 0 Å². The van der Waals surface area contributed by atoms with E-state index in [-0.39, 0.29) is 12.4 Å². The van der Waals surface area contributed by atoms with Crippen molar-refractivity contribution in [1.82, 2.24) is 4.90 Å². The molecule has 7 heteroatoms. The van der Waals surface area contributed by atoms with Gasteiger partial charge in [0.15, 0.2) is 5.75 Å². The van der Waals surface area contributed by atoms with E-state index < -0.39 is 0 Å². The van der Waals surface area contributed by atoms with E-state index in [1.54, 1.807) is 7.11 Å². The topological polar surface area (TPSA) is 47.7 Å². The highest BCUT2D eigenvalue weighted by atomic mass is 35.5. The number of nitrogens with zero attached hydrogens (tertiary/aromatic N) is 1. The van der Waals surface area contributed by atoms with Crippen LogP contribution in [0.5, 0.6) is 5.75 Å². The first-order chi connectivity index (χ1) is 10.1. The highest BCUT2D eigenvalue weighted by Crippen LogP contribution is 2.34. The number of ether oxygens (including phenoxy) is 2. The van der Waals surface area contributed by atoms with Crippen molar-refractivity contribution in [3.05, 3.63) is 27.7 Å². The fourth-order valence-corrected chi connectivity index (χ4v) is 3.08. The Balaban J connectivity index is 0.00000242. The number of nitrogens with two attached hydrogens (primary N) is 1. The number of benzene rings is 1. The highest BCUT2D eigenvalue weighted by molar-refractivity contribution is 6.37. The Bertz CT molecular complexity index is 443. The lowest BCUT2D eigenvalue weighted by atomic mass is 10.1. The average molecular weight is 370 g/mol. The predicted molar refractivity (Wildman–Crippen MR) is 93.6 cm³/mol. The third-order valence-corrected chi connectivity index (χ3v) is 4.19. The quantitative estimate of drug-likeness (QED) is 0.781. The molecule has 0 saturated carbocycles. The molecule has 2 N–H and O–H groups in total. The van der Waals surface area contributed by atoms with Gasteiger partial charge < -0.3 is 15.2 Å². The molecule has 22 heavy (non-hydrogen) atoms. The van der Waals surface area contributed by atoms with Crippen molar-refractivity contribution in [2.75, 3.05) is 33.4 Å². The van der Waals surface area contributed by atoms with Crippen LogP contribution < -0.4 is 10.5 Å². The molecule has 2 rings (SSSR count). The molecule has 1 heterocycles. The highest BCUT2D eigenvalue weighted by Gasteiger charge is 2.17. The number of hydrogen-bond donors (Lipinski definition) is 1. The molecule has 0 unspecified atom stereocenters. The molecule has 1 fully saturated rings. The maximum atomic E-state index is 6.27. The van der Waals surface area contributed by atoms with Gasteiger partial charge in [0, 0.05) is 19.7 Å². The molecule has 0 aliphatic carbocycles. The van der Waals surface area contributed by atoms with Crippen molar-refractivity contribution in [3.63, 3.8) is 0 Å². The van der Waals surface area contributed by atoms with Crippen LogP contribution in [0.3, 0.4) is 0 Å². The van der Waals surface area contributed by atoms with Gasteiger partial charge in [0.05, 0.1) is 16.7 Å². The molecule has 4 nitrogen and oxygen atoms in total. The van der Waals surface area contributed by atoms with Gasteiger partial charge in [-0.2, -0.15) is 0 Å². The normalized spacial score (nSPS) is 16.4. The van der Waals surface area contributed by atoms with Gasteiger partial charge in [0.1, 0.15) is 6.61 Å². The summed E-state index contributed by atoms with van der Waals surface area (Å²) in [4.78, 5) is 2.37. The summed E-state index contributed by atoms with van der Waals surface area (Å²) in [5.41, 5.74) is 7.02. The third kappa shape index (κ3) is 5.76. The summed E-state index contributed by atoms with van der Waals surface area (Å²) < 4.78 is 10.5. The fraction of sp³-hybridized carbons (Fsp3) is 0.600. The van der Waals surface area contributed by atoms with Crippen LogP contribution in [0.15, 0.2) is 12.1 Å².